The van der Waals surface area contributed by atoms with E-state index in [1.807, 2.05) is 20.0 Å². The summed E-state index contributed by atoms with van der Waals surface area (Å²) in [6.45, 7) is 1.91. The minimum Gasteiger partial charge on any atom is -0.324 e. The van der Waals surface area contributed by atoms with Crippen molar-refractivity contribution in [2.75, 3.05) is 0 Å². The van der Waals surface area contributed by atoms with Crippen LogP contribution in [0, 0.1) is 12.7 Å². The Labute approximate surface area is 110 Å². The van der Waals surface area contributed by atoms with Gasteiger partial charge in [-0.3, -0.25) is 4.68 Å². The van der Waals surface area contributed by atoms with Crippen molar-refractivity contribution in [3.05, 3.63) is 52.1 Å². The van der Waals surface area contributed by atoms with E-state index < -0.39 is 11.9 Å². The SMILES string of the molecule is Cc1cc(CC(N)c2cccc(Cl)c2F)n(C)n1. The fourth-order valence-electron chi connectivity index (χ4n) is 2.00. The van der Waals surface area contributed by atoms with E-state index in [-0.39, 0.29) is 5.02 Å². The lowest BCUT2D eigenvalue weighted by molar-refractivity contribution is 0.569. The summed E-state index contributed by atoms with van der Waals surface area (Å²) < 4.78 is 15.6. The number of benzene rings is 1. The van der Waals surface area contributed by atoms with Crippen molar-refractivity contribution in [2.24, 2.45) is 12.8 Å². The highest BCUT2D eigenvalue weighted by Gasteiger charge is 2.16. The van der Waals surface area contributed by atoms with Crippen LogP contribution >= 0.6 is 11.6 Å². The van der Waals surface area contributed by atoms with Crippen LogP contribution in [0.1, 0.15) is 23.0 Å². The van der Waals surface area contributed by atoms with Gasteiger partial charge in [-0.25, -0.2) is 4.39 Å². The maximum Gasteiger partial charge on any atom is 0.146 e. The predicted molar refractivity (Wildman–Crippen MR) is 70.0 cm³/mol. The second-order valence-electron chi connectivity index (χ2n) is 4.35. The Bertz CT molecular complexity index is 565. The molecule has 2 N–H and O–H groups in total. The zero-order valence-electron chi connectivity index (χ0n) is 10.3. The molecule has 1 aromatic heterocycles. The molecular weight excluding hydrogens is 253 g/mol. The van der Waals surface area contributed by atoms with Crippen LogP contribution in [0.3, 0.4) is 0 Å². The highest BCUT2D eigenvalue weighted by molar-refractivity contribution is 6.30. The molecular formula is C13H15ClFN3. The zero-order valence-corrected chi connectivity index (χ0v) is 11.1. The van der Waals surface area contributed by atoms with Gasteiger partial charge in [0.05, 0.1) is 10.7 Å². The second kappa shape index (κ2) is 5.08. The predicted octanol–water partition coefficient (Wildman–Crippen LogP) is 2.76. The number of rotatable bonds is 3. The molecule has 2 rings (SSSR count). The molecule has 0 radical (unpaired) electrons. The Morgan fingerprint density at radius 3 is 2.83 bits per heavy atom. The number of hydrogen-bond donors (Lipinski definition) is 1. The standard InChI is InChI=1S/C13H15ClFN3/c1-8-6-9(18(2)17-8)7-12(16)10-4-3-5-11(14)13(10)15/h3-6,12H,7,16H2,1-2H3. The average Bonchev–Trinajstić information content (AvgIpc) is 2.61. The Hall–Kier alpha value is -1.39. The fraction of sp³-hybridized carbons (Fsp3) is 0.308. The summed E-state index contributed by atoms with van der Waals surface area (Å²) in [5.74, 6) is -0.439. The maximum absolute atomic E-state index is 13.8. The number of halogens is 2. The zero-order chi connectivity index (χ0) is 13.3. The highest BCUT2D eigenvalue weighted by Crippen LogP contribution is 2.24. The van der Waals surface area contributed by atoms with E-state index in [9.17, 15) is 4.39 Å². The van der Waals surface area contributed by atoms with Gasteiger partial charge in [-0.1, -0.05) is 23.7 Å². The van der Waals surface area contributed by atoms with Crippen LogP contribution in [-0.4, -0.2) is 9.78 Å². The first-order chi connectivity index (χ1) is 8.49. The summed E-state index contributed by atoms with van der Waals surface area (Å²) in [5, 5.41) is 4.34. The summed E-state index contributed by atoms with van der Waals surface area (Å²) in [7, 11) is 1.85. The minimum absolute atomic E-state index is 0.101. The average molecular weight is 268 g/mol. The molecule has 0 spiro atoms. The number of aromatic nitrogens is 2. The van der Waals surface area contributed by atoms with E-state index in [1.165, 1.54) is 6.07 Å². The molecule has 0 aliphatic heterocycles. The van der Waals surface area contributed by atoms with Gasteiger partial charge in [0.2, 0.25) is 0 Å². The van der Waals surface area contributed by atoms with Crippen molar-refractivity contribution in [2.45, 2.75) is 19.4 Å². The summed E-state index contributed by atoms with van der Waals surface area (Å²) >= 11 is 5.75. The molecule has 1 atom stereocenters. The van der Waals surface area contributed by atoms with Crippen molar-refractivity contribution < 1.29 is 4.39 Å². The number of aryl methyl sites for hydroxylation is 2. The Balaban J connectivity index is 2.24. The third-order valence-electron chi connectivity index (χ3n) is 2.91. The lowest BCUT2D eigenvalue weighted by atomic mass is 10.0. The van der Waals surface area contributed by atoms with Crippen molar-refractivity contribution in [3.8, 4) is 0 Å². The number of nitrogens with two attached hydrogens (primary N) is 1. The molecule has 1 heterocycles. The molecule has 5 heteroatoms. The van der Waals surface area contributed by atoms with Crippen LogP contribution in [0.5, 0.6) is 0 Å². The van der Waals surface area contributed by atoms with Crippen LogP contribution < -0.4 is 5.73 Å². The first-order valence-corrected chi connectivity index (χ1v) is 6.06. The van der Waals surface area contributed by atoms with E-state index in [0.717, 1.165) is 11.4 Å². The van der Waals surface area contributed by atoms with Gasteiger partial charge in [0.1, 0.15) is 5.82 Å². The molecule has 0 aliphatic rings. The topological polar surface area (TPSA) is 43.8 Å². The molecule has 0 saturated heterocycles. The maximum atomic E-state index is 13.8. The molecule has 2 aromatic rings. The van der Waals surface area contributed by atoms with Gasteiger partial charge >= 0.3 is 0 Å². The van der Waals surface area contributed by atoms with E-state index in [1.54, 1.807) is 16.8 Å². The van der Waals surface area contributed by atoms with Crippen LogP contribution in [0.4, 0.5) is 4.39 Å². The smallest absolute Gasteiger partial charge is 0.146 e. The molecule has 0 amide bonds. The molecule has 1 aromatic carbocycles. The summed E-state index contributed by atoms with van der Waals surface area (Å²) in [6, 6.07) is 6.40. The van der Waals surface area contributed by atoms with Crippen molar-refractivity contribution in [1.82, 2.24) is 9.78 Å². The van der Waals surface area contributed by atoms with Gasteiger partial charge in [0.15, 0.2) is 0 Å². The van der Waals surface area contributed by atoms with Gasteiger partial charge in [-0.2, -0.15) is 5.10 Å². The van der Waals surface area contributed by atoms with Crippen molar-refractivity contribution >= 4 is 11.6 Å². The normalized spacial score (nSPS) is 12.7. The first kappa shape index (κ1) is 13.1. The summed E-state index contributed by atoms with van der Waals surface area (Å²) in [6.07, 6.45) is 0.522. The van der Waals surface area contributed by atoms with Crippen molar-refractivity contribution in [1.29, 1.82) is 0 Å². The molecule has 1 unspecified atom stereocenters. The molecule has 96 valence electrons. The number of hydrogen-bond acceptors (Lipinski definition) is 2. The first-order valence-electron chi connectivity index (χ1n) is 5.68. The van der Waals surface area contributed by atoms with Gasteiger partial charge in [-0.05, 0) is 19.1 Å². The van der Waals surface area contributed by atoms with E-state index in [0.29, 0.717) is 12.0 Å². The van der Waals surface area contributed by atoms with Gasteiger partial charge < -0.3 is 5.73 Å². The van der Waals surface area contributed by atoms with Crippen LogP contribution in [-0.2, 0) is 13.5 Å². The molecule has 3 nitrogen and oxygen atoms in total. The lowest BCUT2D eigenvalue weighted by Crippen LogP contribution is -2.17. The minimum atomic E-state index is -0.439. The molecule has 0 saturated carbocycles. The Morgan fingerprint density at radius 2 is 2.22 bits per heavy atom. The molecule has 18 heavy (non-hydrogen) atoms. The largest absolute Gasteiger partial charge is 0.324 e. The van der Waals surface area contributed by atoms with Crippen LogP contribution in [0.15, 0.2) is 24.3 Å². The van der Waals surface area contributed by atoms with Crippen LogP contribution in [0.25, 0.3) is 0 Å². The third-order valence-corrected chi connectivity index (χ3v) is 3.20. The van der Waals surface area contributed by atoms with E-state index in [2.05, 4.69) is 5.10 Å². The monoisotopic (exact) mass is 267 g/mol. The van der Waals surface area contributed by atoms with Gasteiger partial charge in [0.25, 0.3) is 0 Å². The Morgan fingerprint density at radius 1 is 1.50 bits per heavy atom. The van der Waals surface area contributed by atoms with Gasteiger partial charge in [-0.15, -0.1) is 0 Å². The van der Waals surface area contributed by atoms with E-state index >= 15 is 0 Å². The third kappa shape index (κ3) is 2.54. The van der Waals surface area contributed by atoms with Gasteiger partial charge in [0, 0.05) is 30.8 Å². The second-order valence-corrected chi connectivity index (χ2v) is 4.76. The highest BCUT2D eigenvalue weighted by atomic mass is 35.5. The quantitative estimate of drug-likeness (QED) is 0.929. The van der Waals surface area contributed by atoms with E-state index in [4.69, 9.17) is 17.3 Å². The Kier molecular flexibility index (Phi) is 3.68. The fourth-order valence-corrected chi connectivity index (χ4v) is 2.18. The summed E-state index contributed by atoms with van der Waals surface area (Å²) in [5.41, 5.74) is 8.36. The lowest BCUT2D eigenvalue weighted by Gasteiger charge is -2.13. The molecule has 0 aliphatic carbocycles. The summed E-state index contributed by atoms with van der Waals surface area (Å²) in [4.78, 5) is 0. The van der Waals surface area contributed by atoms with Crippen molar-refractivity contribution in [3.63, 3.8) is 0 Å². The number of nitrogens with zero attached hydrogens (tertiary/aromatic N) is 2. The van der Waals surface area contributed by atoms with Crippen LogP contribution in [0.2, 0.25) is 5.02 Å². The molecule has 0 fully saturated rings. The molecule has 0 bridgehead atoms.